The summed E-state index contributed by atoms with van der Waals surface area (Å²) in [4.78, 5) is 36.3. The highest BCUT2D eigenvalue weighted by Gasteiger charge is 2.19. The molecule has 2 amide bonds. The molecule has 0 saturated heterocycles. The van der Waals surface area contributed by atoms with E-state index in [2.05, 4.69) is 31.4 Å². The van der Waals surface area contributed by atoms with Crippen molar-refractivity contribution in [1.29, 1.82) is 0 Å². The molecule has 0 spiro atoms. The Morgan fingerprint density at radius 1 is 0.969 bits per heavy atom. The minimum Gasteiger partial charge on any atom is -0.482 e. The monoisotopic (exact) mass is 440 g/mol. The Morgan fingerprint density at radius 2 is 1.56 bits per heavy atom. The van der Waals surface area contributed by atoms with Crippen molar-refractivity contribution in [2.45, 2.75) is 53.1 Å². The van der Waals surface area contributed by atoms with Crippen LogP contribution in [0.2, 0.25) is 0 Å². The largest absolute Gasteiger partial charge is 0.482 e. The molecule has 0 saturated carbocycles. The first kappa shape index (κ1) is 24.9. The van der Waals surface area contributed by atoms with Crippen molar-refractivity contribution in [2.24, 2.45) is 0 Å². The molecule has 0 aliphatic rings. The fourth-order valence-electron chi connectivity index (χ4n) is 2.98. The molecule has 7 heteroatoms. The summed E-state index contributed by atoms with van der Waals surface area (Å²) >= 11 is 0. The third-order valence-electron chi connectivity index (χ3n) is 4.92. The first-order chi connectivity index (χ1) is 15.0. The van der Waals surface area contributed by atoms with Gasteiger partial charge in [0.1, 0.15) is 5.75 Å². The lowest BCUT2D eigenvalue weighted by atomic mass is 9.87. The summed E-state index contributed by atoms with van der Waals surface area (Å²) in [5.41, 5.74) is 3.76. The Labute approximate surface area is 189 Å². The smallest absolute Gasteiger partial charge is 0.344 e. The average molecular weight is 441 g/mol. The van der Waals surface area contributed by atoms with Crippen molar-refractivity contribution in [2.75, 3.05) is 18.5 Å². The molecule has 2 aromatic carbocycles. The van der Waals surface area contributed by atoms with Crippen LogP contribution in [0.25, 0.3) is 0 Å². The predicted molar refractivity (Wildman–Crippen MR) is 124 cm³/mol. The van der Waals surface area contributed by atoms with Crippen LogP contribution in [-0.2, 0) is 24.5 Å². The van der Waals surface area contributed by atoms with E-state index in [1.54, 1.807) is 12.1 Å². The Morgan fingerprint density at radius 3 is 2.12 bits per heavy atom. The number of rotatable bonds is 8. The van der Waals surface area contributed by atoms with Crippen LogP contribution in [0.3, 0.4) is 0 Å². The lowest BCUT2D eigenvalue weighted by Gasteiger charge is -2.19. The molecule has 7 nitrogen and oxygen atoms in total. The molecule has 0 heterocycles. The highest BCUT2D eigenvalue weighted by molar-refractivity contribution is 5.96. The van der Waals surface area contributed by atoms with Gasteiger partial charge in [0.15, 0.2) is 12.7 Å². The van der Waals surface area contributed by atoms with Crippen molar-refractivity contribution in [3.8, 4) is 5.75 Å². The fourth-order valence-corrected chi connectivity index (χ4v) is 2.98. The number of anilines is 1. The van der Waals surface area contributed by atoms with Crippen LogP contribution >= 0.6 is 0 Å². The van der Waals surface area contributed by atoms with Gasteiger partial charge in [0.05, 0.1) is 6.54 Å². The summed E-state index contributed by atoms with van der Waals surface area (Å²) in [6.07, 6.45) is -1.05. The highest BCUT2D eigenvalue weighted by Crippen LogP contribution is 2.24. The summed E-state index contributed by atoms with van der Waals surface area (Å²) in [5.74, 6) is -1.07. The first-order valence-electron chi connectivity index (χ1n) is 10.5. The van der Waals surface area contributed by atoms with E-state index in [0.717, 1.165) is 22.4 Å². The van der Waals surface area contributed by atoms with Crippen molar-refractivity contribution < 1.29 is 23.9 Å². The number of ether oxygens (including phenoxy) is 2. The zero-order valence-corrected chi connectivity index (χ0v) is 19.6. The molecule has 2 N–H and O–H groups in total. The van der Waals surface area contributed by atoms with E-state index >= 15 is 0 Å². The lowest BCUT2D eigenvalue weighted by molar-refractivity contribution is -0.156. The van der Waals surface area contributed by atoms with Crippen molar-refractivity contribution >= 4 is 23.5 Å². The number of carbonyl (C=O) groups is 3. The minimum absolute atomic E-state index is 0.0237. The van der Waals surface area contributed by atoms with E-state index < -0.39 is 18.0 Å². The van der Waals surface area contributed by atoms with Gasteiger partial charge in [-0.15, -0.1) is 0 Å². The molecule has 0 aromatic heterocycles. The predicted octanol–water partition coefficient (Wildman–Crippen LogP) is 3.67. The molecule has 0 radical (unpaired) electrons. The van der Waals surface area contributed by atoms with E-state index in [1.165, 1.54) is 6.92 Å². The van der Waals surface area contributed by atoms with Crippen LogP contribution in [0.1, 0.15) is 44.4 Å². The summed E-state index contributed by atoms with van der Waals surface area (Å²) < 4.78 is 10.5. The van der Waals surface area contributed by atoms with Crippen molar-refractivity contribution in [3.05, 3.63) is 59.2 Å². The van der Waals surface area contributed by atoms with Crippen LogP contribution < -0.4 is 15.4 Å². The Hall–Kier alpha value is -3.35. The van der Waals surface area contributed by atoms with Crippen molar-refractivity contribution in [1.82, 2.24) is 5.32 Å². The van der Waals surface area contributed by atoms with Gasteiger partial charge in [-0.1, -0.05) is 51.1 Å². The third kappa shape index (κ3) is 7.41. The lowest BCUT2D eigenvalue weighted by Crippen LogP contribution is -2.40. The minimum atomic E-state index is -1.05. The van der Waals surface area contributed by atoms with E-state index in [9.17, 15) is 14.4 Å². The van der Waals surface area contributed by atoms with Gasteiger partial charge in [0.2, 0.25) is 5.91 Å². The molecule has 2 aromatic rings. The quantitative estimate of drug-likeness (QED) is 0.611. The van der Waals surface area contributed by atoms with Crippen LogP contribution in [0.5, 0.6) is 5.75 Å². The number of benzene rings is 2. The maximum Gasteiger partial charge on any atom is 0.344 e. The summed E-state index contributed by atoms with van der Waals surface area (Å²) in [7, 11) is 0. The van der Waals surface area contributed by atoms with Crippen molar-refractivity contribution in [3.63, 3.8) is 0 Å². The molecule has 32 heavy (non-hydrogen) atoms. The number of nitrogens with one attached hydrogen (secondary N) is 2. The summed E-state index contributed by atoms with van der Waals surface area (Å²) in [6.45, 7) is 11.0. The van der Waals surface area contributed by atoms with Gasteiger partial charge in [-0.3, -0.25) is 9.59 Å². The third-order valence-corrected chi connectivity index (χ3v) is 4.92. The second-order valence-corrected chi connectivity index (χ2v) is 8.73. The topological polar surface area (TPSA) is 93.7 Å². The second kappa shape index (κ2) is 10.8. The average Bonchev–Trinajstić information content (AvgIpc) is 2.73. The zero-order chi connectivity index (χ0) is 23.9. The molecule has 172 valence electrons. The van der Waals surface area contributed by atoms with E-state index in [4.69, 9.17) is 9.47 Å². The molecular weight excluding hydrogens is 408 g/mol. The number of hydrogen-bond acceptors (Lipinski definition) is 5. The van der Waals surface area contributed by atoms with Gasteiger partial charge in [-0.05, 0) is 55.0 Å². The maximum absolute atomic E-state index is 12.2. The number of amides is 2. The van der Waals surface area contributed by atoms with Crippen LogP contribution in [0.15, 0.2) is 42.5 Å². The number of para-hydroxylation sites is 1. The summed E-state index contributed by atoms with van der Waals surface area (Å²) in [6, 6.07) is 13.2. The van der Waals surface area contributed by atoms with Gasteiger partial charge in [-0.25, -0.2) is 4.79 Å². The standard InChI is InChI=1S/C25H32N2O5/c1-16-8-7-9-17(2)23(16)27-21(28)14-26-24(30)18(3)32-22(29)15-31-20-12-10-19(11-13-20)25(4,5)6/h7-13,18H,14-15H2,1-6H3,(H,26,30)(H,27,28). The molecular formula is C25H32N2O5. The molecule has 0 fully saturated rings. The van der Waals surface area contributed by atoms with E-state index in [1.807, 2.05) is 44.2 Å². The van der Waals surface area contributed by atoms with Gasteiger partial charge >= 0.3 is 5.97 Å². The number of esters is 1. The first-order valence-corrected chi connectivity index (χ1v) is 10.5. The summed E-state index contributed by atoms with van der Waals surface area (Å²) in [5, 5.41) is 5.26. The van der Waals surface area contributed by atoms with Crippen LogP contribution in [0.4, 0.5) is 5.69 Å². The number of carbonyl (C=O) groups excluding carboxylic acids is 3. The highest BCUT2D eigenvalue weighted by atomic mass is 16.6. The Bertz CT molecular complexity index is 941. The van der Waals surface area contributed by atoms with Gasteiger partial charge < -0.3 is 20.1 Å². The van der Waals surface area contributed by atoms with Gasteiger partial charge in [-0.2, -0.15) is 0 Å². The maximum atomic E-state index is 12.2. The molecule has 0 bridgehead atoms. The van der Waals surface area contributed by atoms with E-state index in [-0.39, 0.29) is 24.5 Å². The molecule has 0 aliphatic heterocycles. The Balaban J connectivity index is 1.75. The normalized spacial score (nSPS) is 11.9. The number of hydrogen-bond donors (Lipinski definition) is 2. The number of aryl methyl sites for hydroxylation is 2. The van der Waals surface area contributed by atoms with Gasteiger partial charge in [0, 0.05) is 5.69 Å². The molecule has 0 aliphatic carbocycles. The fraction of sp³-hybridized carbons (Fsp3) is 0.400. The molecule has 1 unspecified atom stereocenters. The second-order valence-electron chi connectivity index (χ2n) is 8.73. The SMILES string of the molecule is Cc1cccc(C)c1NC(=O)CNC(=O)C(C)OC(=O)COc1ccc(C(C)(C)C)cc1. The molecule has 2 rings (SSSR count). The van der Waals surface area contributed by atoms with Crippen LogP contribution in [-0.4, -0.2) is 37.0 Å². The van der Waals surface area contributed by atoms with E-state index in [0.29, 0.717) is 5.75 Å². The van der Waals surface area contributed by atoms with Crippen LogP contribution in [0, 0.1) is 13.8 Å². The van der Waals surface area contributed by atoms with Gasteiger partial charge in [0.25, 0.3) is 5.91 Å². The molecule has 1 atom stereocenters. The Kier molecular flexibility index (Phi) is 8.41. The zero-order valence-electron chi connectivity index (χ0n) is 19.6.